The summed E-state index contributed by atoms with van der Waals surface area (Å²) in [5.41, 5.74) is 0. The second kappa shape index (κ2) is 6.98. The third-order valence-corrected chi connectivity index (χ3v) is 4.06. The third-order valence-electron chi connectivity index (χ3n) is 3.85. The van der Waals surface area contributed by atoms with Crippen LogP contribution in [0.5, 0.6) is 0 Å². The van der Waals surface area contributed by atoms with Gasteiger partial charge < -0.3 is 5.32 Å². The lowest BCUT2D eigenvalue weighted by Crippen LogP contribution is -2.19. The van der Waals surface area contributed by atoms with Gasteiger partial charge >= 0.3 is 0 Å². The maximum Gasteiger partial charge on any atom is 0.131 e. The number of halogens is 1. The fraction of sp³-hybridized carbons (Fsp3) is 0.667. The summed E-state index contributed by atoms with van der Waals surface area (Å²) < 4.78 is 0. The van der Waals surface area contributed by atoms with Crippen LogP contribution in [-0.4, -0.2) is 11.0 Å². The average Bonchev–Trinajstić information content (AvgIpc) is 2.56. The number of nitrogens with zero attached hydrogens (tertiary/aromatic N) is 1. The molecule has 0 aromatic carbocycles. The van der Waals surface area contributed by atoms with Crippen molar-refractivity contribution in [3.63, 3.8) is 0 Å². The zero-order valence-electron chi connectivity index (χ0n) is 11.2. The van der Waals surface area contributed by atoms with Crippen LogP contribution in [0.1, 0.15) is 51.9 Å². The highest BCUT2D eigenvalue weighted by molar-refractivity contribution is 6.29. The number of anilines is 1. The first-order valence-electron chi connectivity index (χ1n) is 7.17. The Morgan fingerprint density at radius 2 is 2.17 bits per heavy atom. The highest BCUT2D eigenvalue weighted by atomic mass is 35.5. The summed E-state index contributed by atoms with van der Waals surface area (Å²) in [6, 6.07) is 6.34. The summed E-state index contributed by atoms with van der Waals surface area (Å²) in [4.78, 5) is 4.31. The summed E-state index contributed by atoms with van der Waals surface area (Å²) in [6.07, 6.45) is 9.32. The van der Waals surface area contributed by atoms with E-state index in [-0.39, 0.29) is 0 Å². The van der Waals surface area contributed by atoms with Crippen LogP contribution in [0, 0.1) is 5.92 Å². The number of hydrogen-bond donors (Lipinski definition) is 1. The first-order chi connectivity index (χ1) is 8.78. The molecule has 100 valence electrons. The Morgan fingerprint density at radius 3 is 2.94 bits per heavy atom. The zero-order valence-corrected chi connectivity index (χ0v) is 11.9. The minimum atomic E-state index is 0.567. The van der Waals surface area contributed by atoms with Crippen molar-refractivity contribution in [2.75, 3.05) is 5.32 Å². The smallest absolute Gasteiger partial charge is 0.131 e. The standard InChI is InChI=1S/C15H23ClN2/c1-2-5-12-6-3-7-13(11-10-12)17-15-9-4-8-14(16)18-15/h4,8-9,12-13H,2-3,5-7,10-11H2,1H3,(H,17,18). The van der Waals surface area contributed by atoms with Crippen molar-refractivity contribution in [3.05, 3.63) is 23.4 Å². The quantitative estimate of drug-likeness (QED) is 0.620. The third kappa shape index (κ3) is 4.16. The summed E-state index contributed by atoms with van der Waals surface area (Å²) in [5, 5.41) is 4.10. The molecule has 1 heterocycles. The molecule has 1 saturated carbocycles. The van der Waals surface area contributed by atoms with Crippen molar-refractivity contribution in [2.24, 2.45) is 5.92 Å². The molecule has 2 rings (SSSR count). The lowest BCUT2D eigenvalue weighted by atomic mass is 9.95. The molecule has 0 spiro atoms. The molecule has 2 unspecified atom stereocenters. The molecule has 2 atom stereocenters. The summed E-state index contributed by atoms with van der Waals surface area (Å²) >= 11 is 5.91. The maximum absolute atomic E-state index is 5.91. The molecule has 18 heavy (non-hydrogen) atoms. The van der Waals surface area contributed by atoms with Gasteiger partial charge in [-0.15, -0.1) is 0 Å². The molecule has 1 aliphatic carbocycles. The van der Waals surface area contributed by atoms with Gasteiger partial charge in [0.2, 0.25) is 0 Å². The normalized spacial score (nSPS) is 24.6. The van der Waals surface area contributed by atoms with Crippen LogP contribution in [0.25, 0.3) is 0 Å². The number of pyridine rings is 1. The van der Waals surface area contributed by atoms with Crippen LogP contribution in [-0.2, 0) is 0 Å². The molecule has 1 aromatic rings. The van der Waals surface area contributed by atoms with Gasteiger partial charge in [0.1, 0.15) is 11.0 Å². The van der Waals surface area contributed by atoms with Crippen molar-refractivity contribution < 1.29 is 0 Å². The highest BCUT2D eigenvalue weighted by Crippen LogP contribution is 2.28. The second-order valence-corrected chi connectivity index (χ2v) is 5.74. The van der Waals surface area contributed by atoms with Crippen molar-refractivity contribution in [2.45, 2.75) is 57.9 Å². The molecule has 0 radical (unpaired) electrons. The monoisotopic (exact) mass is 266 g/mol. The molecular formula is C15H23ClN2. The van der Waals surface area contributed by atoms with Crippen molar-refractivity contribution in [1.29, 1.82) is 0 Å². The van der Waals surface area contributed by atoms with Gasteiger partial charge in [-0.3, -0.25) is 0 Å². The van der Waals surface area contributed by atoms with Crippen molar-refractivity contribution in [3.8, 4) is 0 Å². The SMILES string of the molecule is CCCC1CCCC(Nc2cccc(Cl)n2)CC1. The molecule has 1 N–H and O–H groups in total. The van der Waals surface area contributed by atoms with E-state index in [4.69, 9.17) is 11.6 Å². The minimum Gasteiger partial charge on any atom is -0.367 e. The predicted molar refractivity (Wildman–Crippen MR) is 78.1 cm³/mol. The van der Waals surface area contributed by atoms with E-state index < -0.39 is 0 Å². The van der Waals surface area contributed by atoms with Crippen LogP contribution in [0.2, 0.25) is 5.15 Å². The Hall–Kier alpha value is -0.760. The Balaban J connectivity index is 1.87. The van der Waals surface area contributed by atoms with Gasteiger partial charge in [0.25, 0.3) is 0 Å². The first-order valence-corrected chi connectivity index (χ1v) is 7.55. The largest absolute Gasteiger partial charge is 0.367 e. The van der Waals surface area contributed by atoms with E-state index in [1.807, 2.05) is 18.2 Å². The van der Waals surface area contributed by atoms with Gasteiger partial charge in [-0.25, -0.2) is 4.98 Å². The molecule has 0 saturated heterocycles. The van der Waals surface area contributed by atoms with Gasteiger partial charge in [-0.1, -0.05) is 50.3 Å². The molecule has 0 aliphatic heterocycles. The van der Waals surface area contributed by atoms with Gasteiger partial charge in [-0.2, -0.15) is 0 Å². The van der Waals surface area contributed by atoms with Crippen molar-refractivity contribution >= 4 is 17.4 Å². The van der Waals surface area contributed by atoms with E-state index in [1.165, 1.54) is 44.9 Å². The fourth-order valence-electron chi connectivity index (χ4n) is 2.92. The van der Waals surface area contributed by atoms with Crippen LogP contribution in [0.3, 0.4) is 0 Å². The maximum atomic E-state index is 5.91. The van der Waals surface area contributed by atoms with Crippen LogP contribution in [0.15, 0.2) is 18.2 Å². The second-order valence-electron chi connectivity index (χ2n) is 5.35. The summed E-state index contributed by atoms with van der Waals surface area (Å²) in [7, 11) is 0. The number of aromatic nitrogens is 1. The zero-order chi connectivity index (χ0) is 12.8. The lowest BCUT2D eigenvalue weighted by molar-refractivity contribution is 0.422. The Bertz CT molecular complexity index is 367. The molecule has 1 fully saturated rings. The topological polar surface area (TPSA) is 24.9 Å². The molecule has 1 aliphatic rings. The Labute approximate surface area is 115 Å². The van der Waals surface area contributed by atoms with E-state index >= 15 is 0 Å². The molecule has 1 aromatic heterocycles. The molecule has 2 nitrogen and oxygen atoms in total. The Morgan fingerprint density at radius 1 is 1.28 bits per heavy atom. The highest BCUT2D eigenvalue weighted by Gasteiger charge is 2.18. The minimum absolute atomic E-state index is 0.567. The van der Waals surface area contributed by atoms with Gasteiger partial charge in [0.15, 0.2) is 0 Å². The van der Waals surface area contributed by atoms with Crippen LogP contribution < -0.4 is 5.32 Å². The average molecular weight is 267 g/mol. The van der Waals surface area contributed by atoms with Crippen LogP contribution >= 0.6 is 11.6 Å². The van der Waals surface area contributed by atoms with E-state index in [9.17, 15) is 0 Å². The van der Waals surface area contributed by atoms with Gasteiger partial charge in [0.05, 0.1) is 0 Å². The van der Waals surface area contributed by atoms with E-state index in [1.54, 1.807) is 0 Å². The number of hydrogen-bond acceptors (Lipinski definition) is 2. The molecule has 3 heteroatoms. The van der Waals surface area contributed by atoms with Crippen molar-refractivity contribution in [1.82, 2.24) is 4.98 Å². The fourth-order valence-corrected chi connectivity index (χ4v) is 3.08. The summed E-state index contributed by atoms with van der Waals surface area (Å²) in [5.74, 6) is 1.86. The van der Waals surface area contributed by atoms with Gasteiger partial charge in [-0.05, 0) is 37.3 Å². The lowest BCUT2D eigenvalue weighted by Gasteiger charge is -2.17. The number of rotatable bonds is 4. The first kappa shape index (κ1) is 13.7. The van der Waals surface area contributed by atoms with E-state index in [0.29, 0.717) is 11.2 Å². The molecular weight excluding hydrogens is 244 g/mol. The molecule has 0 bridgehead atoms. The Kier molecular flexibility index (Phi) is 5.30. The van der Waals surface area contributed by atoms with Gasteiger partial charge in [0, 0.05) is 6.04 Å². The predicted octanol–water partition coefficient (Wildman–Crippen LogP) is 4.90. The van der Waals surface area contributed by atoms with E-state index in [0.717, 1.165) is 11.7 Å². The summed E-state index contributed by atoms with van der Waals surface area (Å²) in [6.45, 7) is 2.29. The van der Waals surface area contributed by atoms with Crippen LogP contribution in [0.4, 0.5) is 5.82 Å². The number of nitrogens with one attached hydrogen (secondary N) is 1. The van der Waals surface area contributed by atoms with E-state index in [2.05, 4.69) is 17.2 Å². The molecule has 0 amide bonds.